The molecule has 0 saturated heterocycles. The van der Waals surface area contributed by atoms with Crippen molar-refractivity contribution in [2.75, 3.05) is 0 Å². The number of ether oxygens (including phenoxy) is 1. The molecular weight excluding hydrogens is 404 g/mol. The maximum absolute atomic E-state index is 14.4. The third kappa shape index (κ3) is 4.38. The lowest BCUT2D eigenvalue weighted by atomic mass is 10.0. The summed E-state index contributed by atoms with van der Waals surface area (Å²) in [6, 6.07) is 10.3. The predicted molar refractivity (Wildman–Crippen MR) is 96.3 cm³/mol. The maximum Gasteiger partial charge on any atom is 0.308 e. The number of aliphatic carboxylic acids is 1. The maximum atomic E-state index is 14.4. The van der Waals surface area contributed by atoms with E-state index in [0.29, 0.717) is 6.07 Å². The van der Waals surface area contributed by atoms with Crippen LogP contribution in [0, 0.1) is 34.6 Å². The number of pyridine rings is 1. The van der Waals surface area contributed by atoms with Crippen molar-refractivity contribution in [2.45, 2.75) is 13.0 Å². The van der Waals surface area contributed by atoms with Crippen molar-refractivity contribution in [3.8, 4) is 23.2 Å². The van der Waals surface area contributed by atoms with E-state index >= 15 is 0 Å². The molecule has 1 heterocycles. The lowest BCUT2D eigenvalue weighted by molar-refractivity contribution is -0.136. The van der Waals surface area contributed by atoms with Crippen LogP contribution in [0.25, 0.3) is 11.3 Å². The molecule has 9 heteroatoms. The number of halogens is 4. The SMILES string of the molecule is N#Cc1ccc(COc2cccc(-c3cc(F)c(CC(=O)O)c(F)c3F)n2)c(F)c1. The Labute approximate surface area is 167 Å². The highest BCUT2D eigenvalue weighted by Crippen LogP contribution is 2.29. The first-order valence-corrected chi connectivity index (χ1v) is 8.47. The first kappa shape index (κ1) is 20.8. The average Bonchev–Trinajstić information content (AvgIpc) is 2.72. The molecule has 0 amide bonds. The topological polar surface area (TPSA) is 83.2 Å². The summed E-state index contributed by atoms with van der Waals surface area (Å²) in [7, 11) is 0. The van der Waals surface area contributed by atoms with Crippen molar-refractivity contribution in [1.82, 2.24) is 4.98 Å². The molecule has 0 aliphatic heterocycles. The van der Waals surface area contributed by atoms with Crippen LogP contribution in [0.5, 0.6) is 5.88 Å². The number of benzene rings is 2. The molecule has 0 radical (unpaired) electrons. The Morgan fingerprint density at radius 2 is 1.83 bits per heavy atom. The molecule has 0 fully saturated rings. The second-order valence-corrected chi connectivity index (χ2v) is 6.15. The van der Waals surface area contributed by atoms with Gasteiger partial charge in [-0.2, -0.15) is 5.26 Å². The van der Waals surface area contributed by atoms with Gasteiger partial charge in [-0.05, 0) is 24.3 Å². The van der Waals surface area contributed by atoms with Gasteiger partial charge >= 0.3 is 5.97 Å². The van der Waals surface area contributed by atoms with Crippen molar-refractivity contribution in [3.05, 3.63) is 82.4 Å². The van der Waals surface area contributed by atoms with E-state index < -0.39 is 46.8 Å². The fourth-order valence-electron chi connectivity index (χ4n) is 2.66. The summed E-state index contributed by atoms with van der Waals surface area (Å²) in [5.74, 6) is -6.52. The Bertz CT molecular complexity index is 1180. The number of nitrogens with zero attached hydrogens (tertiary/aromatic N) is 2. The Kier molecular flexibility index (Phi) is 5.97. The molecule has 3 aromatic rings. The predicted octanol–water partition coefficient (Wildman–Crippen LogP) is 4.38. The summed E-state index contributed by atoms with van der Waals surface area (Å²) in [6.45, 7) is -0.253. The molecule has 30 heavy (non-hydrogen) atoms. The van der Waals surface area contributed by atoms with Crippen LogP contribution < -0.4 is 4.74 Å². The molecule has 0 bridgehead atoms. The second kappa shape index (κ2) is 8.61. The van der Waals surface area contributed by atoms with Crippen LogP contribution in [0.3, 0.4) is 0 Å². The molecule has 0 unspecified atom stereocenters. The quantitative estimate of drug-likeness (QED) is 0.476. The minimum atomic E-state index is -1.61. The molecule has 2 aromatic carbocycles. The van der Waals surface area contributed by atoms with E-state index in [1.165, 1.54) is 30.3 Å². The number of aromatic nitrogens is 1. The molecule has 152 valence electrons. The first-order chi connectivity index (χ1) is 14.3. The number of nitriles is 1. The summed E-state index contributed by atoms with van der Waals surface area (Å²) in [5, 5.41) is 17.5. The van der Waals surface area contributed by atoms with Crippen LogP contribution >= 0.6 is 0 Å². The van der Waals surface area contributed by atoms with Gasteiger partial charge in [-0.1, -0.05) is 12.1 Å². The average molecular weight is 416 g/mol. The third-order valence-corrected chi connectivity index (χ3v) is 4.14. The highest BCUT2D eigenvalue weighted by atomic mass is 19.2. The summed E-state index contributed by atoms with van der Waals surface area (Å²) in [5.41, 5.74) is -1.30. The lowest BCUT2D eigenvalue weighted by Crippen LogP contribution is -2.08. The molecule has 0 atom stereocenters. The fourth-order valence-corrected chi connectivity index (χ4v) is 2.66. The van der Waals surface area contributed by atoms with Gasteiger partial charge in [0, 0.05) is 22.8 Å². The minimum Gasteiger partial charge on any atom is -0.481 e. The van der Waals surface area contributed by atoms with Crippen molar-refractivity contribution in [1.29, 1.82) is 5.26 Å². The standard InChI is InChI=1S/C21H12F4N2O3/c22-15-6-11(9-26)4-5-12(15)10-30-18-3-1-2-17(27-18)14-7-16(23)13(8-19(28)29)20(24)21(14)25/h1-7H,8,10H2,(H,28,29). The molecule has 1 aromatic heterocycles. The smallest absolute Gasteiger partial charge is 0.308 e. The molecule has 1 N–H and O–H groups in total. The van der Waals surface area contributed by atoms with E-state index in [-0.39, 0.29) is 29.3 Å². The summed E-state index contributed by atoms with van der Waals surface area (Å²) >= 11 is 0. The first-order valence-electron chi connectivity index (χ1n) is 8.47. The number of carboxylic acid groups (broad SMARTS) is 1. The Morgan fingerprint density at radius 3 is 2.50 bits per heavy atom. The van der Waals surface area contributed by atoms with Gasteiger partial charge in [0.1, 0.15) is 18.2 Å². The van der Waals surface area contributed by atoms with Gasteiger partial charge in [0.2, 0.25) is 5.88 Å². The van der Waals surface area contributed by atoms with Gasteiger partial charge in [0.15, 0.2) is 11.6 Å². The van der Waals surface area contributed by atoms with Crippen LogP contribution in [0.1, 0.15) is 16.7 Å². The van der Waals surface area contributed by atoms with Crippen LogP contribution in [0.2, 0.25) is 0 Å². The van der Waals surface area contributed by atoms with Crippen LogP contribution in [0.4, 0.5) is 17.6 Å². The fraction of sp³-hybridized carbons (Fsp3) is 0.0952. The number of hydrogen-bond acceptors (Lipinski definition) is 4. The number of hydrogen-bond donors (Lipinski definition) is 1. The minimum absolute atomic E-state index is 0.0638. The van der Waals surface area contributed by atoms with Gasteiger partial charge in [0.25, 0.3) is 0 Å². The number of carbonyl (C=O) groups is 1. The Hall–Kier alpha value is -3.93. The van der Waals surface area contributed by atoms with Gasteiger partial charge in [-0.15, -0.1) is 0 Å². The zero-order valence-corrected chi connectivity index (χ0v) is 15.1. The molecule has 0 saturated carbocycles. The molecule has 0 aliphatic carbocycles. The van der Waals surface area contributed by atoms with Gasteiger partial charge in [-0.25, -0.2) is 22.5 Å². The summed E-state index contributed by atoms with van der Waals surface area (Å²) in [4.78, 5) is 14.7. The van der Waals surface area contributed by atoms with Gasteiger partial charge in [-0.3, -0.25) is 4.79 Å². The largest absolute Gasteiger partial charge is 0.481 e. The second-order valence-electron chi connectivity index (χ2n) is 6.15. The zero-order chi connectivity index (χ0) is 21.8. The Morgan fingerprint density at radius 1 is 1.07 bits per heavy atom. The summed E-state index contributed by atoms with van der Waals surface area (Å²) < 4.78 is 61.9. The molecule has 5 nitrogen and oxygen atoms in total. The molecule has 0 spiro atoms. The van der Waals surface area contributed by atoms with E-state index in [2.05, 4.69) is 4.98 Å². The van der Waals surface area contributed by atoms with Gasteiger partial charge in [0.05, 0.1) is 23.7 Å². The van der Waals surface area contributed by atoms with Crippen molar-refractivity contribution in [3.63, 3.8) is 0 Å². The van der Waals surface area contributed by atoms with Gasteiger partial charge < -0.3 is 9.84 Å². The van der Waals surface area contributed by atoms with E-state index in [1.807, 2.05) is 0 Å². The molecule has 3 rings (SSSR count). The van der Waals surface area contributed by atoms with E-state index in [9.17, 15) is 22.4 Å². The lowest BCUT2D eigenvalue weighted by Gasteiger charge is -2.11. The van der Waals surface area contributed by atoms with Crippen LogP contribution in [-0.4, -0.2) is 16.1 Å². The summed E-state index contributed by atoms with van der Waals surface area (Å²) in [6.07, 6.45) is -1.01. The van der Waals surface area contributed by atoms with E-state index in [0.717, 1.165) is 6.07 Å². The number of carboxylic acids is 1. The third-order valence-electron chi connectivity index (χ3n) is 4.14. The van der Waals surface area contributed by atoms with Crippen molar-refractivity contribution in [2.24, 2.45) is 0 Å². The van der Waals surface area contributed by atoms with Crippen molar-refractivity contribution >= 4 is 5.97 Å². The van der Waals surface area contributed by atoms with Crippen molar-refractivity contribution < 1.29 is 32.2 Å². The molecule has 0 aliphatic rings. The van der Waals surface area contributed by atoms with Crippen LogP contribution in [0.15, 0.2) is 42.5 Å². The highest BCUT2D eigenvalue weighted by Gasteiger charge is 2.22. The zero-order valence-electron chi connectivity index (χ0n) is 15.1. The normalized spacial score (nSPS) is 10.5. The molecular formula is C21H12F4N2O3. The van der Waals surface area contributed by atoms with E-state index in [4.69, 9.17) is 15.1 Å². The monoisotopic (exact) mass is 416 g/mol. The van der Waals surface area contributed by atoms with Crippen LogP contribution in [-0.2, 0) is 17.8 Å². The number of rotatable bonds is 6. The van der Waals surface area contributed by atoms with E-state index in [1.54, 1.807) is 6.07 Å². The Balaban J connectivity index is 1.87. The highest BCUT2D eigenvalue weighted by molar-refractivity contribution is 5.71.